The van der Waals surface area contributed by atoms with Crippen molar-refractivity contribution in [3.63, 3.8) is 0 Å². The summed E-state index contributed by atoms with van der Waals surface area (Å²) < 4.78 is 11.7. The molecule has 0 spiro atoms. The van der Waals surface area contributed by atoms with E-state index in [1.807, 2.05) is 72.9 Å². The quantitative estimate of drug-likeness (QED) is 0.221. The van der Waals surface area contributed by atoms with Gasteiger partial charge < -0.3 is 19.4 Å². The van der Waals surface area contributed by atoms with Crippen molar-refractivity contribution in [1.82, 2.24) is 9.97 Å². The number of rotatable bonds is 7. The summed E-state index contributed by atoms with van der Waals surface area (Å²) in [7, 11) is 3.21. The molecule has 0 aliphatic rings. The lowest BCUT2D eigenvalue weighted by Crippen LogP contribution is -2.06. The van der Waals surface area contributed by atoms with E-state index in [0.717, 1.165) is 38.9 Å². The molecule has 0 bridgehead atoms. The van der Waals surface area contributed by atoms with Gasteiger partial charge in [-0.05, 0) is 16.7 Å². The molecule has 0 amide bonds. The molecule has 0 aliphatic carbocycles. The predicted molar refractivity (Wildman–Crippen MR) is 152 cm³/mol. The Morgan fingerprint density at radius 1 is 0.684 bits per heavy atom. The Bertz CT molecular complexity index is 1730. The Kier molecular flexibility index (Phi) is 6.02. The maximum Gasteiger partial charge on any atom is 0.201 e. The van der Waals surface area contributed by atoms with Crippen LogP contribution in [0.15, 0.2) is 109 Å². The van der Waals surface area contributed by atoms with Crippen LogP contribution in [0.5, 0.6) is 11.5 Å². The predicted octanol–water partition coefficient (Wildman–Crippen LogP) is 7.75. The molecular formula is C33H26N2O3. The summed E-state index contributed by atoms with van der Waals surface area (Å²) in [5, 5.41) is 0.832. The van der Waals surface area contributed by atoms with Crippen LogP contribution in [0.4, 0.5) is 0 Å². The molecule has 0 saturated heterocycles. The van der Waals surface area contributed by atoms with Gasteiger partial charge in [-0.25, -0.2) is 0 Å². The molecule has 186 valence electrons. The summed E-state index contributed by atoms with van der Waals surface area (Å²) in [6.07, 6.45) is 3.61. The smallest absolute Gasteiger partial charge is 0.201 e. The van der Waals surface area contributed by atoms with E-state index in [0.29, 0.717) is 28.1 Å². The molecule has 0 aliphatic heterocycles. The average Bonchev–Trinajstić information content (AvgIpc) is 3.63. The number of nitrogens with one attached hydrogen (secondary N) is 2. The van der Waals surface area contributed by atoms with E-state index in [1.165, 1.54) is 0 Å². The molecule has 2 aromatic heterocycles. The molecule has 2 N–H and O–H groups in total. The van der Waals surface area contributed by atoms with E-state index in [9.17, 15) is 4.79 Å². The first-order chi connectivity index (χ1) is 18.7. The number of aromatic amines is 2. The third-order valence-electron chi connectivity index (χ3n) is 6.87. The van der Waals surface area contributed by atoms with Gasteiger partial charge in [-0.15, -0.1) is 0 Å². The van der Waals surface area contributed by atoms with Gasteiger partial charge in [0.25, 0.3) is 0 Å². The standard InChI is InChI=1S/C33H26N2O3/c1-37-26-18-27(38-2)30(33(36)25-20-34-19-24(25)21-12-6-3-7-13-21)32-29(26)28(22-14-8-4-9-15-22)31(35-32)23-16-10-5-11-17-23/h3-20,34-35H,1-2H3. The third kappa shape index (κ3) is 3.85. The molecule has 6 rings (SSSR count). The lowest BCUT2D eigenvalue weighted by atomic mass is 9.93. The van der Waals surface area contributed by atoms with Crippen molar-refractivity contribution in [2.75, 3.05) is 14.2 Å². The van der Waals surface area contributed by atoms with Crippen molar-refractivity contribution in [1.29, 1.82) is 0 Å². The minimum Gasteiger partial charge on any atom is -0.496 e. The number of fused-ring (bicyclic) bond motifs is 1. The third-order valence-corrected chi connectivity index (χ3v) is 6.87. The van der Waals surface area contributed by atoms with E-state index in [4.69, 9.17) is 9.47 Å². The maximum absolute atomic E-state index is 14.3. The van der Waals surface area contributed by atoms with Crippen LogP contribution in [0.2, 0.25) is 0 Å². The second kappa shape index (κ2) is 9.79. The summed E-state index contributed by atoms with van der Waals surface area (Å²) in [6.45, 7) is 0. The number of hydrogen-bond donors (Lipinski definition) is 2. The fourth-order valence-corrected chi connectivity index (χ4v) is 5.13. The van der Waals surface area contributed by atoms with Crippen LogP contribution in [0.3, 0.4) is 0 Å². The zero-order valence-corrected chi connectivity index (χ0v) is 21.1. The Morgan fingerprint density at radius 3 is 1.87 bits per heavy atom. The molecule has 5 heteroatoms. The lowest BCUT2D eigenvalue weighted by Gasteiger charge is -2.14. The Morgan fingerprint density at radius 2 is 1.26 bits per heavy atom. The molecule has 5 nitrogen and oxygen atoms in total. The number of aromatic nitrogens is 2. The first-order valence-corrected chi connectivity index (χ1v) is 12.4. The molecule has 0 unspecified atom stereocenters. The van der Waals surface area contributed by atoms with E-state index in [2.05, 4.69) is 34.2 Å². The van der Waals surface area contributed by atoms with Crippen molar-refractivity contribution in [2.24, 2.45) is 0 Å². The van der Waals surface area contributed by atoms with Crippen molar-refractivity contribution in [3.05, 3.63) is 121 Å². The summed E-state index contributed by atoms with van der Waals surface area (Å²) in [5.74, 6) is 0.929. The largest absolute Gasteiger partial charge is 0.496 e. The van der Waals surface area contributed by atoms with Gasteiger partial charge >= 0.3 is 0 Å². The lowest BCUT2D eigenvalue weighted by molar-refractivity contribution is 0.103. The van der Waals surface area contributed by atoms with Crippen LogP contribution < -0.4 is 9.47 Å². The van der Waals surface area contributed by atoms with Crippen LogP contribution in [-0.2, 0) is 0 Å². The second-order valence-corrected chi connectivity index (χ2v) is 8.99. The molecule has 4 aromatic carbocycles. The fourth-order valence-electron chi connectivity index (χ4n) is 5.13. The highest BCUT2D eigenvalue weighted by atomic mass is 16.5. The van der Waals surface area contributed by atoms with Crippen LogP contribution in [0, 0.1) is 0 Å². The summed E-state index contributed by atoms with van der Waals surface area (Å²) in [6, 6.07) is 32.0. The number of carbonyl (C=O) groups is 1. The highest BCUT2D eigenvalue weighted by molar-refractivity contribution is 6.23. The van der Waals surface area contributed by atoms with Crippen LogP contribution in [0.25, 0.3) is 44.4 Å². The Labute approximate surface area is 220 Å². The molecule has 38 heavy (non-hydrogen) atoms. The molecular weight excluding hydrogens is 472 g/mol. The van der Waals surface area contributed by atoms with E-state index in [1.54, 1.807) is 26.5 Å². The van der Waals surface area contributed by atoms with E-state index in [-0.39, 0.29) is 5.78 Å². The van der Waals surface area contributed by atoms with Gasteiger partial charge in [0.15, 0.2) is 0 Å². The molecule has 2 heterocycles. The number of hydrogen-bond acceptors (Lipinski definition) is 3. The molecule has 0 fully saturated rings. The van der Waals surface area contributed by atoms with Gasteiger partial charge in [-0.1, -0.05) is 91.0 Å². The normalized spacial score (nSPS) is 11.0. The number of ether oxygens (including phenoxy) is 2. The van der Waals surface area contributed by atoms with Crippen LogP contribution >= 0.6 is 0 Å². The minimum absolute atomic E-state index is 0.143. The second-order valence-electron chi connectivity index (χ2n) is 8.99. The molecule has 6 aromatic rings. The summed E-state index contributed by atoms with van der Waals surface area (Å²) in [4.78, 5) is 21.1. The topological polar surface area (TPSA) is 67.1 Å². The van der Waals surface area contributed by atoms with Crippen LogP contribution in [-0.4, -0.2) is 30.0 Å². The number of H-pyrrole nitrogens is 2. The van der Waals surface area contributed by atoms with Crippen molar-refractivity contribution < 1.29 is 14.3 Å². The van der Waals surface area contributed by atoms with Gasteiger partial charge in [0, 0.05) is 35.2 Å². The maximum atomic E-state index is 14.3. The number of methoxy groups -OCH3 is 2. The van der Waals surface area contributed by atoms with Crippen molar-refractivity contribution in [3.8, 4) is 45.0 Å². The van der Waals surface area contributed by atoms with Gasteiger partial charge in [0.05, 0.1) is 36.4 Å². The minimum atomic E-state index is -0.143. The van der Waals surface area contributed by atoms with Gasteiger partial charge in [0.2, 0.25) is 5.78 Å². The molecule has 0 radical (unpaired) electrons. The number of carbonyl (C=O) groups excluding carboxylic acids is 1. The average molecular weight is 499 g/mol. The van der Waals surface area contributed by atoms with Crippen molar-refractivity contribution >= 4 is 16.7 Å². The van der Waals surface area contributed by atoms with Gasteiger partial charge in [-0.3, -0.25) is 4.79 Å². The van der Waals surface area contributed by atoms with Crippen molar-refractivity contribution in [2.45, 2.75) is 0 Å². The number of ketones is 1. The fraction of sp³-hybridized carbons (Fsp3) is 0.0606. The first-order valence-electron chi connectivity index (χ1n) is 12.4. The van der Waals surface area contributed by atoms with Gasteiger partial charge in [0.1, 0.15) is 11.5 Å². The SMILES string of the molecule is COc1cc(OC)c2c(-c3ccccc3)c(-c3ccccc3)[nH]c2c1C(=O)c1c[nH]cc1-c1ccccc1. The van der Waals surface area contributed by atoms with E-state index < -0.39 is 0 Å². The monoisotopic (exact) mass is 498 g/mol. The van der Waals surface area contributed by atoms with E-state index >= 15 is 0 Å². The van der Waals surface area contributed by atoms with Gasteiger partial charge in [-0.2, -0.15) is 0 Å². The van der Waals surface area contributed by atoms with Crippen LogP contribution in [0.1, 0.15) is 15.9 Å². The zero-order chi connectivity index (χ0) is 26.1. The summed E-state index contributed by atoms with van der Waals surface area (Å²) in [5.41, 5.74) is 7.39. The first kappa shape index (κ1) is 23.4. The molecule has 0 saturated carbocycles. The number of benzene rings is 4. The molecule has 0 atom stereocenters. The summed E-state index contributed by atoms with van der Waals surface area (Å²) >= 11 is 0. The highest BCUT2D eigenvalue weighted by Gasteiger charge is 2.28. The highest BCUT2D eigenvalue weighted by Crippen LogP contribution is 2.47. The Balaban J connectivity index is 1.68. The Hall–Kier alpha value is -5.03. The zero-order valence-electron chi connectivity index (χ0n) is 21.1.